The van der Waals surface area contributed by atoms with E-state index in [-0.39, 0.29) is 11.8 Å². The Morgan fingerprint density at radius 1 is 1.29 bits per heavy atom. The van der Waals surface area contributed by atoms with Crippen LogP contribution in [0.15, 0.2) is 47.6 Å². The number of nitrogens with one attached hydrogen (secondary N) is 1. The lowest BCUT2D eigenvalue weighted by atomic mass is 9.98. The van der Waals surface area contributed by atoms with E-state index >= 15 is 0 Å². The van der Waals surface area contributed by atoms with E-state index in [1.54, 1.807) is 7.11 Å². The summed E-state index contributed by atoms with van der Waals surface area (Å²) < 4.78 is 18.7. The quantitative estimate of drug-likeness (QED) is 0.912. The average Bonchev–Trinajstić information content (AvgIpc) is 2.99. The van der Waals surface area contributed by atoms with E-state index in [0.29, 0.717) is 17.7 Å². The van der Waals surface area contributed by atoms with Crippen LogP contribution in [0.4, 0.5) is 4.39 Å². The van der Waals surface area contributed by atoms with Crippen molar-refractivity contribution in [2.75, 3.05) is 7.11 Å². The van der Waals surface area contributed by atoms with Gasteiger partial charge < -0.3 is 15.3 Å². The fourth-order valence-electron chi connectivity index (χ4n) is 2.48. The number of benzene rings is 2. The van der Waals surface area contributed by atoms with Gasteiger partial charge in [0.25, 0.3) is 0 Å². The third-order valence-electron chi connectivity index (χ3n) is 3.54. The molecule has 4 nitrogen and oxygen atoms in total. The van der Waals surface area contributed by atoms with Crippen LogP contribution in [0.3, 0.4) is 0 Å². The van der Waals surface area contributed by atoms with Gasteiger partial charge in [0.15, 0.2) is 0 Å². The van der Waals surface area contributed by atoms with Gasteiger partial charge in [0.05, 0.1) is 18.9 Å². The van der Waals surface area contributed by atoms with Crippen molar-refractivity contribution < 1.29 is 14.2 Å². The van der Waals surface area contributed by atoms with E-state index in [1.165, 1.54) is 18.2 Å². The maximum absolute atomic E-state index is 13.3. The summed E-state index contributed by atoms with van der Waals surface area (Å²) in [5.41, 5.74) is 5.04. The van der Waals surface area contributed by atoms with Gasteiger partial charge >= 0.3 is 0 Å². The van der Waals surface area contributed by atoms with Crippen LogP contribution in [0, 0.1) is 5.82 Å². The molecular formula is C16H15FN2O2. The number of methoxy groups -OCH3 is 1. The number of rotatable bonds is 3. The number of para-hydroxylation sites is 1. The van der Waals surface area contributed by atoms with E-state index in [9.17, 15) is 9.50 Å². The molecule has 0 fully saturated rings. The molecule has 0 aliphatic carbocycles. The first kappa shape index (κ1) is 13.4. The zero-order valence-corrected chi connectivity index (χ0v) is 11.5. The molecule has 0 saturated carbocycles. The summed E-state index contributed by atoms with van der Waals surface area (Å²) in [6, 6.07) is 11.5. The Kier molecular flexibility index (Phi) is 3.48. The molecule has 2 N–H and O–H groups in total. The molecule has 0 bridgehead atoms. The molecule has 1 aliphatic heterocycles. The molecule has 0 saturated heterocycles. The lowest BCUT2D eigenvalue weighted by Gasteiger charge is -2.14. The molecule has 108 valence electrons. The van der Waals surface area contributed by atoms with Gasteiger partial charge in [-0.2, -0.15) is 5.10 Å². The van der Waals surface area contributed by atoms with E-state index in [1.807, 2.05) is 24.3 Å². The molecule has 2 aromatic carbocycles. The van der Waals surface area contributed by atoms with Crippen LogP contribution >= 0.6 is 0 Å². The molecule has 21 heavy (non-hydrogen) atoms. The van der Waals surface area contributed by atoms with Crippen LogP contribution in [-0.2, 0) is 0 Å². The van der Waals surface area contributed by atoms with Crippen LogP contribution in [0.25, 0.3) is 0 Å². The van der Waals surface area contributed by atoms with Gasteiger partial charge in [0.1, 0.15) is 17.3 Å². The summed E-state index contributed by atoms with van der Waals surface area (Å²) in [5.74, 6) is 0.402. The van der Waals surface area contributed by atoms with Gasteiger partial charge in [-0.15, -0.1) is 0 Å². The monoisotopic (exact) mass is 286 g/mol. The van der Waals surface area contributed by atoms with Gasteiger partial charge in [0, 0.05) is 17.5 Å². The first-order chi connectivity index (χ1) is 10.2. The second-order valence-electron chi connectivity index (χ2n) is 4.85. The maximum atomic E-state index is 13.3. The second kappa shape index (κ2) is 5.44. The smallest absolute Gasteiger partial charge is 0.124 e. The standard InChI is InChI=1S/C16H15FN2O2/c1-21-16-5-3-2-4-11(16)13-9-14(19-18-13)12-8-10(17)6-7-15(12)20/h2-8,13,18,20H,9H2,1H3. The molecule has 3 rings (SSSR count). The molecule has 0 radical (unpaired) electrons. The van der Waals surface area contributed by atoms with E-state index in [2.05, 4.69) is 10.5 Å². The number of nitrogens with zero attached hydrogens (tertiary/aromatic N) is 1. The molecule has 0 amide bonds. The zero-order valence-electron chi connectivity index (χ0n) is 11.5. The van der Waals surface area contributed by atoms with E-state index in [4.69, 9.17) is 4.74 Å². The summed E-state index contributed by atoms with van der Waals surface area (Å²) in [7, 11) is 1.62. The number of halogens is 1. The summed E-state index contributed by atoms with van der Waals surface area (Å²) in [6.07, 6.45) is 0.553. The lowest BCUT2D eigenvalue weighted by Crippen LogP contribution is -2.11. The normalized spacial score (nSPS) is 17.2. The number of hydrogen-bond donors (Lipinski definition) is 2. The molecule has 1 heterocycles. The van der Waals surface area contributed by atoms with Gasteiger partial charge in [-0.3, -0.25) is 0 Å². The van der Waals surface area contributed by atoms with Crippen molar-refractivity contribution in [3.63, 3.8) is 0 Å². The maximum Gasteiger partial charge on any atom is 0.124 e. The van der Waals surface area contributed by atoms with Crippen LogP contribution in [-0.4, -0.2) is 17.9 Å². The minimum absolute atomic E-state index is 0.0256. The van der Waals surface area contributed by atoms with Crippen molar-refractivity contribution in [1.29, 1.82) is 0 Å². The molecule has 5 heteroatoms. The first-order valence-electron chi connectivity index (χ1n) is 6.63. The van der Waals surface area contributed by atoms with Crippen LogP contribution in [0.1, 0.15) is 23.6 Å². The van der Waals surface area contributed by atoms with Crippen molar-refractivity contribution in [1.82, 2.24) is 5.43 Å². The minimum atomic E-state index is -0.397. The van der Waals surface area contributed by atoms with Crippen molar-refractivity contribution in [3.8, 4) is 11.5 Å². The average molecular weight is 286 g/mol. The van der Waals surface area contributed by atoms with Gasteiger partial charge in [-0.25, -0.2) is 4.39 Å². The highest BCUT2D eigenvalue weighted by atomic mass is 19.1. The Labute approximate surface area is 121 Å². The third kappa shape index (κ3) is 2.54. The van der Waals surface area contributed by atoms with Crippen molar-refractivity contribution in [2.45, 2.75) is 12.5 Å². The summed E-state index contributed by atoms with van der Waals surface area (Å²) in [4.78, 5) is 0. The van der Waals surface area contributed by atoms with Gasteiger partial charge in [-0.05, 0) is 24.3 Å². The summed E-state index contributed by atoms with van der Waals surface area (Å²) in [5, 5.41) is 14.1. The number of phenolic OH excluding ortho intramolecular Hbond substituents is 1. The number of aromatic hydroxyl groups is 1. The van der Waals surface area contributed by atoms with Crippen LogP contribution in [0.5, 0.6) is 11.5 Å². The zero-order chi connectivity index (χ0) is 14.8. The van der Waals surface area contributed by atoms with Crippen LogP contribution in [0.2, 0.25) is 0 Å². The summed E-state index contributed by atoms with van der Waals surface area (Å²) in [6.45, 7) is 0. The Morgan fingerprint density at radius 2 is 2.10 bits per heavy atom. The second-order valence-corrected chi connectivity index (χ2v) is 4.85. The Hall–Kier alpha value is -2.56. The molecule has 1 aliphatic rings. The fraction of sp³-hybridized carbons (Fsp3) is 0.188. The highest BCUT2D eigenvalue weighted by Gasteiger charge is 2.25. The van der Waals surface area contributed by atoms with Crippen molar-refractivity contribution >= 4 is 5.71 Å². The molecular weight excluding hydrogens is 271 g/mol. The molecule has 1 unspecified atom stereocenters. The molecule has 2 aromatic rings. The number of phenols is 1. The predicted molar refractivity (Wildman–Crippen MR) is 78.1 cm³/mol. The van der Waals surface area contributed by atoms with Crippen LogP contribution < -0.4 is 10.2 Å². The SMILES string of the molecule is COc1ccccc1C1CC(c2cc(F)ccc2O)=NN1. The molecule has 0 spiro atoms. The topological polar surface area (TPSA) is 53.9 Å². The highest BCUT2D eigenvalue weighted by Crippen LogP contribution is 2.32. The first-order valence-corrected chi connectivity index (χ1v) is 6.63. The minimum Gasteiger partial charge on any atom is -0.507 e. The van der Waals surface area contributed by atoms with E-state index in [0.717, 1.165) is 11.3 Å². The largest absolute Gasteiger partial charge is 0.507 e. The number of hydrogen-bond acceptors (Lipinski definition) is 4. The summed E-state index contributed by atoms with van der Waals surface area (Å²) >= 11 is 0. The molecule has 0 aromatic heterocycles. The molecule has 1 atom stereocenters. The third-order valence-corrected chi connectivity index (χ3v) is 3.54. The predicted octanol–water partition coefficient (Wildman–Crippen LogP) is 2.98. The van der Waals surface area contributed by atoms with Gasteiger partial charge in [0.2, 0.25) is 0 Å². The Bertz CT molecular complexity index is 700. The number of ether oxygens (including phenoxy) is 1. The van der Waals surface area contributed by atoms with Gasteiger partial charge in [-0.1, -0.05) is 18.2 Å². The fourth-order valence-corrected chi connectivity index (χ4v) is 2.48. The highest BCUT2D eigenvalue weighted by molar-refractivity contribution is 6.04. The Balaban J connectivity index is 1.86. The van der Waals surface area contributed by atoms with Crippen molar-refractivity contribution in [3.05, 3.63) is 59.4 Å². The van der Waals surface area contributed by atoms with Crippen molar-refractivity contribution in [2.24, 2.45) is 5.10 Å². The van der Waals surface area contributed by atoms with E-state index < -0.39 is 5.82 Å². The number of hydrazone groups is 1. The Morgan fingerprint density at radius 3 is 2.90 bits per heavy atom. The lowest BCUT2D eigenvalue weighted by molar-refractivity contribution is 0.402.